The lowest BCUT2D eigenvalue weighted by atomic mass is 10.2. The Morgan fingerprint density at radius 3 is 2.57 bits per heavy atom. The molecule has 78 valence electrons. The molecule has 0 bridgehead atoms. The van der Waals surface area contributed by atoms with Crippen LogP contribution in [0.3, 0.4) is 0 Å². The van der Waals surface area contributed by atoms with E-state index in [4.69, 9.17) is 21.4 Å². The first-order valence-electron chi connectivity index (χ1n) is 4.69. The smallest absolute Gasteiger partial charge is 0.0720 e. The second kappa shape index (κ2) is 6.02. The fraction of sp³-hybridized carbons (Fsp3) is 0.455. The summed E-state index contributed by atoms with van der Waals surface area (Å²) in [5, 5.41) is 9.41. The Morgan fingerprint density at radius 2 is 2.00 bits per heavy atom. The summed E-state index contributed by atoms with van der Waals surface area (Å²) in [4.78, 5) is 0. The molecule has 14 heavy (non-hydrogen) atoms. The third-order valence-electron chi connectivity index (χ3n) is 1.98. The molecule has 0 saturated heterocycles. The third kappa shape index (κ3) is 4.09. The maximum Gasteiger partial charge on any atom is 0.0720 e. The number of halogens is 1. The number of aliphatic hydroxyl groups is 1. The van der Waals surface area contributed by atoms with E-state index in [1.165, 1.54) is 0 Å². The standard InChI is InChI=1S/C11H15ClO2/c1-9(6-7-13)14-8-10-2-4-11(12)5-3-10/h2-5,9,13H,6-8H2,1H3. The summed E-state index contributed by atoms with van der Waals surface area (Å²) in [6.07, 6.45) is 0.767. The molecule has 1 aromatic carbocycles. The maximum atomic E-state index is 8.67. The van der Waals surface area contributed by atoms with Crippen molar-refractivity contribution in [2.45, 2.75) is 26.1 Å². The van der Waals surface area contributed by atoms with Crippen LogP contribution in [0.15, 0.2) is 24.3 Å². The Bertz CT molecular complexity index is 258. The van der Waals surface area contributed by atoms with Gasteiger partial charge in [0.2, 0.25) is 0 Å². The van der Waals surface area contributed by atoms with E-state index in [1.54, 1.807) is 0 Å². The van der Waals surface area contributed by atoms with Gasteiger partial charge in [-0.2, -0.15) is 0 Å². The molecule has 0 aliphatic rings. The average Bonchev–Trinajstić information content (AvgIpc) is 2.17. The van der Waals surface area contributed by atoms with Gasteiger partial charge < -0.3 is 9.84 Å². The van der Waals surface area contributed by atoms with Crippen LogP contribution in [0.2, 0.25) is 5.02 Å². The minimum absolute atomic E-state index is 0.0932. The first-order chi connectivity index (χ1) is 6.72. The van der Waals surface area contributed by atoms with Gasteiger partial charge in [0, 0.05) is 11.6 Å². The van der Waals surface area contributed by atoms with Crippen LogP contribution in [0.25, 0.3) is 0 Å². The van der Waals surface area contributed by atoms with Gasteiger partial charge in [0.1, 0.15) is 0 Å². The molecule has 0 saturated carbocycles. The van der Waals surface area contributed by atoms with E-state index < -0.39 is 0 Å². The number of aliphatic hydroxyl groups excluding tert-OH is 1. The van der Waals surface area contributed by atoms with Crippen LogP contribution in [0.5, 0.6) is 0 Å². The van der Waals surface area contributed by atoms with Crippen LogP contribution >= 0.6 is 11.6 Å². The summed E-state index contributed by atoms with van der Waals surface area (Å²) >= 11 is 5.75. The van der Waals surface area contributed by atoms with Crippen molar-refractivity contribution in [3.8, 4) is 0 Å². The molecule has 0 heterocycles. The van der Waals surface area contributed by atoms with Crippen LogP contribution in [0.1, 0.15) is 18.9 Å². The number of ether oxygens (including phenoxy) is 1. The third-order valence-corrected chi connectivity index (χ3v) is 2.24. The molecule has 2 nitrogen and oxygen atoms in total. The molecule has 0 aliphatic carbocycles. The van der Waals surface area contributed by atoms with Gasteiger partial charge >= 0.3 is 0 Å². The largest absolute Gasteiger partial charge is 0.396 e. The molecule has 1 aromatic rings. The average molecular weight is 215 g/mol. The number of rotatable bonds is 5. The van der Waals surface area contributed by atoms with Crippen molar-refractivity contribution in [3.05, 3.63) is 34.9 Å². The molecule has 0 spiro atoms. The van der Waals surface area contributed by atoms with Gasteiger partial charge in [-0.15, -0.1) is 0 Å². The predicted octanol–water partition coefficient (Wildman–Crippen LogP) is 2.63. The van der Waals surface area contributed by atoms with Crippen molar-refractivity contribution in [1.82, 2.24) is 0 Å². The molecule has 1 atom stereocenters. The zero-order chi connectivity index (χ0) is 10.4. The van der Waals surface area contributed by atoms with E-state index in [0.29, 0.717) is 13.0 Å². The Balaban J connectivity index is 2.34. The summed E-state index contributed by atoms with van der Waals surface area (Å²) in [5.41, 5.74) is 1.10. The summed E-state index contributed by atoms with van der Waals surface area (Å²) in [7, 11) is 0. The molecule has 0 amide bonds. The molecular formula is C11H15ClO2. The topological polar surface area (TPSA) is 29.5 Å². The van der Waals surface area contributed by atoms with Crippen molar-refractivity contribution in [2.75, 3.05) is 6.61 Å². The van der Waals surface area contributed by atoms with Gasteiger partial charge in [-0.25, -0.2) is 0 Å². The lowest BCUT2D eigenvalue weighted by Crippen LogP contribution is -2.09. The fourth-order valence-electron chi connectivity index (χ4n) is 1.08. The molecule has 3 heteroatoms. The Morgan fingerprint density at radius 1 is 1.36 bits per heavy atom. The lowest BCUT2D eigenvalue weighted by Gasteiger charge is -2.11. The van der Waals surface area contributed by atoms with E-state index in [-0.39, 0.29) is 12.7 Å². The summed E-state index contributed by atoms with van der Waals surface area (Å²) in [5.74, 6) is 0. The highest BCUT2D eigenvalue weighted by molar-refractivity contribution is 6.30. The number of hydrogen-bond donors (Lipinski definition) is 1. The molecule has 0 aliphatic heterocycles. The van der Waals surface area contributed by atoms with Gasteiger partial charge in [-0.05, 0) is 31.0 Å². The van der Waals surface area contributed by atoms with Crippen molar-refractivity contribution in [1.29, 1.82) is 0 Å². The molecule has 1 N–H and O–H groups in total. The minimum atomic E-state index is 0.0932. The zero-order valence-electron chi connectivity index (χ0n) is 8.24. The first kappa shape index (κ1) is 11.5. The van der Waals surface area contributed by atoms with E-state index in [1.807, 2.05) is 31.2 Å². The normalized spacial score (nSPS) is 12.8. The molecular weight excluding hydrogens is 200 g/mol. The van der Waals surface area contributed by atoms with Gasteiger partial charge in [-0.3, -0.25) is 0 Å². The molecule has 0 fully saturated rings. The van der Waals surface area contributed by atoms with Crippen molar-refractivity contribution in [2.24, 2.45) is 0 Å². The fourth-order valence-corrected chi connectivity index (χ4v) is 1.21. The van der Waals surface area contributed by atoms with Crippen molar-refractivity contribution >= 4 is 11.6 Å². The first-order valence-corrected chi connectivity index (χ1v) is 5.07. The Labute approximate surface area is 89.5 Å². The van der Waals surface area contributed by atoms with Crippen LogP contribution in [0.4, 0.5) is 0 Å². The van der Waals surface area contributed by atoms with Crippen LogP contribution < -0.4 is 0 Å². The van der Waals surface area contributed by atoms with E-state index in [2.05, 4.69) is 0 Å². The summed E-state index contributed by atoms with van der Waals surface area (Å²) < 4.78 is 5.51. The van der Waals surface area contributed by atoms with Crippen LogP contribution in [0, 0.1) is 0 Å². The van der Waals surface area contributed by atoms with Gasteiger partial charge in [0.15, 0.2) is 0 Å². The van der Waals surface area contributed by atoms with Gasteiger partial charge in [0.25, 0.3) is 0 Å². The van der Waals surface area contributed by atoms with E-state index >= 15 is 0 Å². The SMILES string of the molecule is CC(CCO)OCc1ccc(Cl)cc1. The molecule has 0 aromatic heterocycles. The van der Waals surface area contributed by atoms with Gasteiger partial charge in [0.05, 0.1) is 12.7 Å². The monoisotopic (exact) mass is 214 g/mol. The highest BCUT2D eigenvalue weighted by Gasteiger charge is 2.01. The molecule has 1 rings (SSSR count). The highest BCUT2D eigenvalue weighted by atomic mass is 35.5. The molecule has 1 unspecified atom stereocenters. The van der Waals surface area contributed by atoms with Crippen molar-refractivity contribution in [3.63, 3.8) is 0 Å². The number of hydrogen-bond acceptors (Lipinski definition) is 2. The second-order valence-corrected chi connectivity index (χ2v) is 3.70. The maximum absolute atomic E-state index is 8.67. The summed E-state index contributed by atoms with van der Waals surface area (Å²) in [6, 6.07) is 7.57. The predicted molar refractivity (Wildman–Crippen MR) is 57.4 cm³/mol. The lowest BCUT2D eigenvalue weighted by molar-refractivity contribution is 0.0363. The van der Waals surface area contributed by atoms with E-state index in [9.17, 15) is 0 Å². The summed E-state index contributed by atoms with van der Waals surface area (Å²) in [6.45, 7) is 2.69. The highest BCUT2D eigenvalue weighted by Crippen LogP contribution is 2.11. The van der Waals surface area contributed by atoms with E-state index in [0.717, 1.165) is 10.6 Å². The van der Waals surface area contributed by atoms with Crippen molar-refractivity contribution < 1.29 is 9.84 Å². The van der Waals surface area contributed by atoms with Crippen LogP contribution in [-0.4, -0.2) is 17.8 Å². The number of benzene rings is 1. The Kier molecular flexibility index (Phi) is 4.94. The molecule has 0 radical (unpaired) electrons. The Hall–Kier alpha value is -0.570. The second-order valence-electron chi connectivity index (χ2n) is 3.26. The quantitative estimate of drug-likeness (QED) is 0.817. The minimum Gasteiger partial charge on any atom is -0.396 e. The van der Waals surface area contributed by atoms with Crippen LogP contribution in [-0.2, 0) is 11.3 Å². The zero-order valence-corrected chi connectivity index (χ0v) is 9.00. The van der Waals surface area contributed by atoms with Gasteiger partial charge in [-0.1, -0.05) is 23.7 Å².